The number of carbonyl (C=O) groups excluding carboxylic acids is 1. The van der Waals surface area contributed by atoms with Crippen LogP contribution in [0.2, 0.25) is 0 Å². The van der Waals surface area contributed by atoms with Crippen molar-refractivity contribution in [1.82, 2.24) is 5.32 Å². The number of carboxylic acids is 2. The smallest absolute Gasteiger partial charge is 0.326 e. The van der Waals surface area contributed by atoms with Crippen LogP contribution < -0.4 is 11.1 Å². The van der Waals surface area contributed by atoms with Crippen LogP contribution in [0.3, 0.4) is 0 Å². The second-order valence-corrected chi connectivity index (χ2v) is 4.43. The fraction of sp³-hybridized carbons (Fsp3) is 0.750. The van der Waals surface area contributed by atoms with Gasteiger partial charge in [0.15, 0.2) is 0 Å². The molecule has 0 aromatic carbocycles. The van der Waals surface area contributed by atoms with Crippen molar-refractivity contribution in [1.29, 1.82) is 0 Å². The molecule has 0 fully saturated rings. The van der Waals surface area contributed by atoms with E-state index in [9.17, 15) is 14.4 Å². The van der Waals surface area contributed by atoms with Gasteiger partial charge >= 0.3 is 11.9 Å². The molecular weight excluding hydrogens is 268 g/mol. The van der Waals surface area contributed by atoms with Crippen molar-refractivity contribution in [3.8, 4) is 0 Å². The molecule has 0 radical (unpaired) electrons. The number of hydrogen-bond donors (Lipinski definition) is 4. The van der Waals surface area contributed by atoms with Gasteiger partial charge in [-0.05, 0) is 25.7 Å². The molecule has 0 saturated heterocycles. The topological polar surface area (TPSA) is 139 Å². The number of aliphatic carboxylic acids is 2. The zero-order valence-electron chi connectivity index (χ0n) is 11.5. The second-order valence-electron chi connectivity index (χ2n) is 4.43. The largest absolute Gasteiger partial charge is 0.481 e. The Morgan fingerprint density at radius 3 is 2.35 bits per heavy atom. The highest BCUT2D eigenvalue weighted by molar-refractivity contribution is 5.86. The minimum atomic E-state index is -1.20. The van der Waals surface area contributed by atoms with Crippen molar-refractivity contribution in [3.63, 3.8) is 0 Å². The summed E-state index contributed by atoms with van der Waals surface area (Å²) in [5.74, 6) is -2.76. The zero-order chi connectivity index (χ0) is 15.5. The van der Waals surface area contributed by atoms with Crippen molar-refractivity contribution >= 4 is 17.8 Å². The first kappa shape index (κ1) is 18.3. The van der Waals surface area contributed by atoms with Crippen LogP contribution in [-0.2, 0) is 19.1 Å². The maximum absolute atomic E-state index is 11.7. The van der Waals surface area contributed by atoms with Gasteiger partial charge in [-0.25, -0.2) is 4.79 Å². The number of carbonyl (C=O) groups is 3. The van der Waals surface area contributed by atoms with E-state index < -0.39 is 29.9 Å². The van der Waals surface area contributed by atoms with Crippen molar-refractivity contribution < 1.29 is 29.3 Å². The van der Waals surface area contributed by atoms with Gasteiger partial charge in [-0.1, -0.05) is 0 Å². The Labute approximate surface area is 117 Å². The van der Waals surface area contributed by atoms with Crippen LogP contribution in [0.5, 0.6) is 0 Å². The van der Waals surface area contributed by atoms with E-state index in [-0.39, 0.29) is 19.3 Å². The molecule has 8 nitrogen and oxygen atoms in total. The number of amides is 1. The van der Waals surface area contributed by atoms with Gasteiger partial charge in [-0.15, -0.1) is 0 Å². The first-order valence-electron chi connectivity index (χ1n) is 6.38. The van der Waals surface area contributed by atoms with Gasteiger partial charge in [0.1, 0.15) is 6.04 Å². The molecule has 1 unspecified atom stereocenters. The number of nitrogens with two attached hydrogens (primary N) is 1. The number of rotatable bonds is 11. The molecule has 20 heavy (non-hydrogen) atoms. The molecule has 8 heteroatoms. The summed E-state index contributed by atoms with van der Waals surface area (Å²) in [4.78, 5) is 33.0. The Morgan fingerprint density at radius 2 is 1.85 bits per heavy atom. The Hall–Kier alpha value is -1.67. The molecule has 0 heterocycles. The monoisotopic (exact) mass is 290 g/mol. The summed E-state index contributed by atoms with van der Waals surface area (Å²) in [6.45, 7) is 0.474. The van der Waals surface area contributed by atoms with E-state index in [2.05, 4.69) is 5.32 Å². The molecule has 5 N–H and O–H groups in total. The van der Waals surface area contributed by atoms with Crippen LogP contribution in [0.15, 0.2) is 0 Å². The standard InChI is InChI=1S/C12H22N2O6/c1-20-7-3-4-8(13)11(17)14-9(12(18)19)5-2-6-10(15)16/h8-9H,2-7,13H2,1H3,(H,14,17)(H,15,16)(H,18,19)/t8?,9-/m1/s1. The lowest BCUT2D eigenvalue weighted by Crippen LogP contribution is -2.48. The van der Waals surface area contributed by atoms with Gasteiger partial charge < -0.3 is 26.0 Å². The van der Waals surface area contributed by atoms with Crippen LogP contribution >= 0.6 is 0 Å². The SMILES string of the molecule is COCCCC(N)C(=O)N[C@H](CCCC(=O)O)C(=O)O. The molecule has 0 rings (SSSR count). The van der Waals surface area contributed by atoms with Gasteiger partial charge in [0.2, 0.25) is 5.91 Å². The number of ether oxygens (including phenoxy) is 1. The summed E-state index contributed by atoms with van der Waals surface area (Å²) in [5.41, 5.74) is 5.63. The number of nitrogens with one attached hydrogen (secondary N) is 1. The van der Waals surface area contributed by atoms with E-state index in [1.165, 1.54) is 7.11 Å². The number of carboxylic acid groups (broad SMARTS) is 2. The van der Waals surface area contributed by atoms with E-state index in [1.807, 2.05) is 0 Å². The number of hydrogen-bond acceptors (Lipinski definition) is 5. The fourth-order valence-corrected chi connectivity index (χ4v) is 1.57. The third-order valence-electron chi connectivity index (χ3n) is 2.70. The predicted molar refractivity (Wildman–Crippen MR) is 70.1 cm³/mol. The molecule has 0 aromatic heterocycles. The molecule has 0 aromatic rings. The lowest BCUT2D eigenvalue weighted by molar-refractivity contribution is -0.143. The molecule has 116 valence electrons. The van der Waals surface area contributed by atoms with E-state index in [0.717, 1.165) is 0 Å². The summed E-state index contributed by atoms with van der Waals surface area (Å²) in [6.07, 6.45) is 1.08. The highest BCUT2D eigenvalue weighted by atomic mass is 16.5. The van der Waals surface area contributed by atoms with Gasteiger partial charge in [-0.3, -0.25) is 9.59 Å². The molecule has 0 aliphatic carbocycles. The summed E-state index contributed by atoms with van der Waals surface area (Å²) in [5, 5.41) is 19.8. The Bertz CT molecular complexity index is 334. The molecule has 2 atom stereocenters. The summed E-state index contributed by atoms with van der Waals surface area (Å²) < 4.78 is 4.83. The minimum Gasteiger partial charge on any atom is -0.481 e. The third kappa shape index (κ3) is 8.44. The van der Waals surface area contributed by atoms with Crippen LogP contribution in [-0.4, -0.2) is 53.9 Å². The van der Waals surface area contributed by atoms with Crippen molar-refractivity contribution in [2.24, 2.45) is 5.73 Å². The normalized spacial score (nSPS) is 13.5. The zero-order valence-corrected chi connectivity index (χ0v) is 11.5. The van der Waals surface area contributed by atoms with Crippen molar-refractivity contribution in [2.75, 3.05) is 13.7 Å². The van der Waals surface area contributed by atoms with Gasteiger partial charge in [-0.2, -0.15) is 0 Å². The van der Waals surface area contributed by atoms with Crippen LogP contribution in [0.1, 0.15) is 32.1 Å². The highest BCUT2D eigenvalue weighted by Gasteiger charge is 2.22. The third-order valence-corrected chi connectivity index (χ3v) is 2.70. The van der Waals surface area contributed by atoms with Crippen LogP contribution in [0.4, 0.5) is 0 Å². The summed E-state index contributed by atoms with van der Waals surface area (Å²) in [7, 11) is 1.54. The molecule has 0 aliphatic heterocycles. The number of methoxy groups -OCH3 is 1. The van der Waals surface area contributed by atoms with Crippen molar-refractivity contribution in [2.45, 2.75) is 44.2 Å². The van der Waals surface area contributed by atoms with Gasteiger partial charge in [0.05, 0.1) is 6.04 Å². The lowest BCUT2D eigenvalue weighted by atomic mass is 10.1. The van der Waals surface area contributed by atoms with Crippen LogP contribution in [0, 0.1) is 0 Å². The summed E-state index contributed by atoms with van der Waals surface area (Å²) in [6, 6.07) is -1.92. The maximum Gasteiger partial charge on any atom is 0.326 e. The van der Waals surface area contributed by atoms with Crippen LogP contribution in [0.25, 0.3) is 0 Å². The van der Waals surface area contributed by atoms with Gasteiger partial charge in [0.25, 0.3) is 0 Å². The molecular formula is C12H22N2O6. The molecule has 0 aliphatic rings. The van der Waals surface area contributed by atoms with E-state index >= 15 is 0 Å². The van der Waals surface area contributed by atoms with E-state index in [1.54, 1.807) is 0 Å². The molecule has 0 saturated carbocycles. The first-order valence-corrected chi connectivity index (χ1v) is 6.38. The summed E-state index contributed by atoms with van der Waals surface area (Å²) >= 11 is 0. The molecule has 0 bridgehead atoms. The fourth-order valence-electron chi connectivity index (χ4n) is 1.57. The molecule has 0 spiro atoms. The quantitative estimate of drug-likeness (QED) is 0.378. The lowest BCUT2D eigenvalue weighted by Gasteiger charge is -2.17. The molecule has 1 amide bonds. The van der Waals surface area contributed by atoms with E-state index in [0.29, 0.717) is 19.4 Å². The average molecular weight is 290 g/mol. The highest BCUT2D eigenvalue weighted by Crippen LogP contribution is 2.03. The van der Waals surface area contributed by atoms with Crippen molar-refractivity contribution in [3.05, 3.63) is 0 Å². The van der Waals surface area contributed by atoms with E-state index in [4.69, 9.17) is 20.7 Å². The van der Waals surface area contributed by atoms with Gasteiger partial charge in [0, 0.05) is 20.1 Å². The Kier molecular flexibility index (Phi) is 9.31. The minimum absolute atomic E-state index is 0.0537. The second kappa shape index (κ2) is 10.2. The Morgan fingerprint density at radius 1 is 1.20 bits per heavy atom. The maximum atomic E-state index is 11.7. The predicted octanol–water partition coefficient (Wildman–Crippen LogP) is -0.435. The first-order chi connectivity index (χ1) is 9.38. The average Bonchev–Trinajstić information content (AvgIpc) is 2.36. The Balaban J connectivity index is 4.18.